The van der Waals surface area contributed by atoms with Crippen LogP contribution in [0.25, 0.3) is 10.9 Å². The second kappa shape index (κ2) is 4.94. The van der Waals surface area contributed by atoms with Crippen molar-refractivity contribution in [1.29, 1.82) is 0 Å². The molecule has 1 N–H and O–H groups in total. The van der Waals surface area contributed by atoms with Crippen LogP contribution in [0.1, 0.15) is 22.8 Å². The molecule has 1 aromatic carbocycles. The number of aromatic nitrogens is 1. The van der Waals surface area contributed by atoms with Gasteiger partial charge in [-0.3, -0.25) is 4.79 Å². The van der Waals surface area contributed by atoms with Gasteiger partial charge in [-0.25, -0.2) is 4.79 Å². The molecule has 0 aliphatic rings. The average molecular weight is 310 g/mol. The highest BCUT2D eigenvalue weighted by molar-refractivity contribution is 9.10. The number of carbonyl (C=O) groups excluding carboxylic acids is 1. The van der Waals surface area contributed by atoms with Crippen molar-refractivity contribution in [2.24, 2.45) is 0 Å². The van der Waals surface area contributed by atoms with Gasteiger partial charge in [0.1, 0.15) is 5.56 Å². The Labute approximate surface area is 112 Å². The molecule has 1 aromatic heterocycles. The maximum Gasteiger partial charge on any atom is 0.344 e. The van der Waals surface area contributed by atoms with E-state index in [0.717, 1.165) is 9.86 Å². The summed E-state index contributed by atoms with van der Waals surface area (Å²) in [4.78, 5) is 26.3. The Morgan fingerprint density at radius 2 is 2.17 bits per heavy atom. The van der Waals surface area contributed by atoms with Crippen LogP contribution in [0.2, 0.25) is 0 Å². The summed E-state index contributed by atoms with van der Waals surface area (Å²) in [5.74, 6) is -0.582. The summed E-state index contributed by atoms with van der Waals surface area (Å²) < 4.78 is 5.76. The van der Waals surface area contributed by atoms with Crippen molar-refractivity contribution in [3.8, 4) is 0 Å². The van der Waals surface area contributed by atoms with Crippen molar-refractivity contribution in [2.45, 2.75) is 13.8 Å². The summed E-state index contributed by atoms with van der Waals surface area (Å²) in [5.41, 5.74) is 0.989. The van der Waals surface area contributed by atoms with Crippen LogP contribution in [0, 0.1) is 6.92 Å². The standard InChI is InChI=1S/C13H12BrNO3/c1-3-18-13(17)11-7(2)9-5-4-8(14)6-10(9)15-12(11)16/h4-6H,3H2,1-2H3,(H,15,16). The van der Waals surface area contributed by atoms with E-state index < -0.39 is 11.5 Å². The van der Waals surface area contributed by atoms with Gasteiger partial charge in [0.15, 0.2) is 0 Å². The van der Waals surface area contributed by atoms with E-state index in [1.54, 1.807) is 19.9 Å². The zero-order valence-electron chi connectivity index (χ0n) is 10.0. The minimum absolute atomic E-state index is 0.0756. The van der Waals surface area contributed by atoms with Gasteiger partial charge in [-0.15, -0.1) is 0 Å². The zero-order chi connectivity index (χ0) is 13.3. The van der Waals surface area contributed by atoms with Crippen molar-refractivity contribution in [3.63, 3.8) is 0 Å². The summed E-state index contributed by atoms with van der Waals surface area (Å²) >= 11 is 3.34. The number of rotatable bonds is 2. The highest BCUT2D eigenvalue weighted by atomic mass is 79.9. The van der Waals surface area contributed by atoms with E-state index in [2.05, 4.69) is 20.9 Å². The lowest BCUT2D eigenvalue weighted by Crippen LogP contribution is -2.21. The number of pyridine rings is 1. The molecular formula is C13H12BrNO3. The third-order valence-electron chi connectivity index (χ3n) is 2.72. The predicted octanol–water partition coefficient (Wildman–Crippen LogP) is 2.78. The van der Waals surface area contributed by atoms with Gasteiger partial charge >= 0.3 is 5.97 Å². The largest absolute Gasteiger partial charge is 0.462 e. The molecule has 1 heterocycles. The number of halogens is 1. The fraction of sp³-hybridized carbons (Fsp3) is 0.231. The number of esters is 1. The maximum atomic E-state index is 11.9. The molecule has 0 atom stereocenters. The van der Waals surface area contributed by atoms with E-state index in [4.69, 9.17) is 4.74 Å². The first-order valence-electron chi connectivity index (χ1n) is 5.54. The molecular weight excluding hydrogens is 298 g/mol. The SMILES string of the molecule is CCOC(=O)c1c(C)c2ccc(Br)cc2[nH]c1=O. The molecule has 0 fully saturated rings. The van der Waals surface area contributed by atoms with Gasteiger partial charge in [-0.05, 0) is 31.5 Å². The molecule has 0 saturated carbocycles. The second-order valence-electron chi connectivity index (χ2n) is 3.86. The average Bonchev–Trinajstić information content (AvgIpc) is 2.28. The van der Waals surface area contributed by atoms with Crippen molar-refractivity contribution in [3.05, 3.63) is 44.2 Å². The van der Waals surface area contributed by atoms with Gasteiger partial charge in [0.05, 0.1) is 6.61 Å². The Morgan fingerprint density at radius 3 is 2.83 bits per heavy atom. The van der Waals surface area contributed by atoms with Crippen molar-refractivity contribution < 1.29 is 9.53 Å². The molecule has 94 valence electrons. The lowest BCUT2D eigenvalue weighted by Gasteiger charge is -2.08. The van der Waals surface area contributed by atoms with Crippen LogP contribution in [0.3, 0.4) is 0 Å². The molecule has 0 saturated heterocycles. The number of aryl methyl sites for hydroxylation is 1. The lowest BCUT2D eigenvalue weighted by atomic mass is 10.1. The molecule has 4 nitrogen and oxygen atoms in total. The van der Waals surface area contributed by atoms with Crippen LogP contribution < -0.4 is 5.56 Å². The van der Waals surface area contributed by atoms with E-state index in [1.807, 2.05) is 12.1 Å². The van der Waals surface area contributed by atoms with Gasteiger partial charge in [0.25, 0.3) is 5.56 Å². The molecule has 5 heteroatoms. The molecule has 0 amide bonds. The smallest absolute Gasteiger partial charge is 0.344 e. The maximum absolute atomic E-state index is 11.9. The van der Waals surface area contributed by atoms with Gasteiger partial charge in [0.2, 0.25) is 0 Å². The van der Waals surface area contributed by atoms with Crippen LogP contribution >= 0.6 is 15.9 Å². The minimum atomic E-state index is -0.582. The van der Waals surface area contributed by atoms with E-state index in [-0.39, 0.29) is 12.2 Å². The zero-order valence-corrected chi connectivity index (χ0v) is 11.6. The number of ether oxygens (including phenoxy) is 1. The number of hydrogen-bond acceptors (Lipinski definition) is 3. The van der Waals surface area contributed by atoms with Gasteiger partial charge < -0.3 is 9.72 Å². The summed E-state index contributed by atoms with van der Waals surface area (Å²) in [6.07, 6.45) is 0. The molecule has 0 bridgehead atoms. The number of carbonyl (C=O) groups is 1. The molecule has 2 rings (SSSR count). The monoisotopic (exact) mass is 309 g/mol. The quantitative estimate of drug-likeness (QED) is 0.868. The third-order valence-corrected chi connectivity index (χ3v) is 3.21. The first-order chi connectivity index (χ1) is 8.54. The van der Waals surface area contributed by atoms with Gasteiger partial charge in [0, 0.05) is 15.4 Å². The van der Waals surface area contributed by atoms with Crippen molar-refractivity contribution >= 4 is 32.8 Å². The van der Waals surface area contributed by atoms with Crippen LogP contribution in [-0.2, 0) is 4.74 Å². The van der Waals surface area contributed by atoms with Crippen molar-refractivity contribution in [2.75, 3.05) is 6.61 Å². The highest BCUT2D eigenvalue weighted by Gasteiger charge is 2.17. The summed E-state index contributed by atoms with van der Waals surface area (Å²) in [5, 5.41) is 0.834. The fourth-order valence-corrected chi connectivity index (χ4v) is 2.25. The number of hydrogen-bond donors (Lipinski definition) is 1. The predicted molar refractivity (Wildman–Crippen MR) is 73.0 cm³/mol. The Balaban J connectivity index is 2.73. The van der Waals surface area contributed by atoms with E-state index in [9.17, 15) is 9.59 Å². The van der Waals surface area contributed by atoms with Gasteiger partial charge in [-0.2, -0.15) is 0 Å². The van der Waals surface area contributed by atoms with Gasteiger partial charge in [-0.1, -0.05) is 22.0 Å². The molecule has 0 spiro atoms. The molecule has 0 radical (unpaired) electrons. The van der Waals surface area contributed by atoms with Crippen LogP contribution in [0.15, 0.2) is 27.5 Å². The highest BCUT2D eigenvalue weighted by Crippen LogP contribution is 2.21. The Kier molecular flexibility index (Phi) is 3.52. The van der Waals surface area contributed by atoms with Crippen LogP contribution in [0.5, 0.6) is 0 Å². The second-order valence-corrected chi connectivity index (χ2v) is 4.78. The normalized spacial score (nSPS) is 10.6. The topological polar surface area (TPSA) is 59.2 Å². The molecule has 2 aromatic rings. The molecule has 0 unspecified atom stereocenters. The summed E-state index contributed by atoms with van der Waals surface area (Å²) in [7, 11) is 0. The van der Waals surface area contributed by atoms with Crippen molar-refractivity contribution in [1.82, 2.24) is 4.98 Å². The first kappa shape index (κ1) is 12.8. The number of H-pyrrole nitrogens is 1. The Morgan fingerprint density at radius 1 is 1.44 bits per heavy atom. The molecule has 18 heavy (non-hydrogen) atoms. The third kappa shape index (κ3) is 2.18. The fourth-order valence-electron chi connectivity index (χ4n) is 1.89. The Hall–Kier alpha value is -1.62. The number of aromatic amines is 1. The van der Waals surface area contributed by atoms with E-state index >= 15 is 0 Å². The molecule has 0 aliphatic heterocycles. The van der Waals surface area contributed by atoms with E-state index in [0.29, 0.717) is 11.1 Å². The number of nitrogens with one attached hydrogen (secondary N) is 1. The minimum Gasteiger partial charge on any atom is -0.462 e. The summed E-state index contributed by atoms with van der Waals surface area (Å²) in [6.45, 7) is 3.70. The number of fused-ring (bicyclic) bond motifs is 1. The van der Waals surface area contributed by atoms with Crippen LogP contribution in [-0.4, -0.2) is 17.6 Å². The molecule has 0 aliphatic carbocycles. The number of benzene rings is 1. The first-order valence-corrected chi connectivity index (χ1v) is 6.33. The lowest BCUT2D eigenvalue weighted by molar-refractivity contribution is 0.0523. The Bertz CT molecular complexity index is 676. The van der Waals surface area contributed by atoms with Crippen LogP contribution in [0.4, 0.5) is 0 Å². The summed E-state index contributed by atoms with van der Waals surface area (Å²) in [6, 6.07) is 5.52. The van der Waals surface area contributed by atoms with E-state index in [1.165, 1.54) is 0 Å².